The summed E-state index contributed by atoms with van der Waals surface area (Å²) in [7, 11) is 0. The van der Waals surface area contributed by atoms with E-state index >= 15 is 0 Å². The molecule has 1 amide bonds. The van der Waals surface area contributed by atoms with E-state index in [0.717, 1.165) is 28.9 Å². The summed E-state index contributed by atoms with van der Waals surface area (Å²) in [5.74, 6) is -1.97. The Hall–Kier alpha value is -3.35. The topological polar surface area (TPSA) is 66.9 Å². The molecule has 0 unspecified atom stereocenters. The second kappa shape index (κ2) is 7.26. The lowest BCUT2D eigenvalue weighted by Crippen LogP contribution is -2.15. The van der Waals surface area contributed by atoms with Crippen molar-refractivity contribution in [2.75, 3.05) is 10.6 Å². The number of benzene rings is 2. The highest BCUT2D eigenvalue weighted by atomic mass is 19.1. The summed E-state index contributed by atoms with van der Waals surface area (Å²) in [5.41, 5.74) is 2.88. The smallest absolute Gasteiger partial charge is 0.274 e. The van der Waals surface area contributed by atoms with Crippen molar-refractivity contribution in [2.24, 2.45) is 0 Å². The maximum Gasteiger partial charge on any atom is 0.274 e. The first-order valence-electron chi connectivity index (χ1n) is 7.85. The first-order chi connectivity index (χ1) is 12.4. The first-order valence-corrected chi connectivity index (χ1v) is 7.85. The van der Waals surface area contributed by atoms with Crippen LogP contribution in [0.15, 0.2) is 48.7 Å². The molecule has 132 valence electrons. The van der Waals surface area contributed by atoms with Crippen LogP contribution in [0.4, 0.5) is 26.1 Å². The molecule has 2 N–H and O–H groups in total. The van der Waals surface area contributed by atoms with Gasteiger partial charge in [0.05, 0.1) is 5.69 Å². The number of nitrogens with one attached hydrogen (secondary N) is 2. The Balaban J connectivity index is 1.78. The van der Waals surface area contributed by atoms with Crippen LogP contribution in [0.25, 0.3) is 0 Å². The summed E-state index contributed by atoms with van der Waals surface area (Å²) in [4.78, 5) is 20.5. The molecular weight excluding hydrogens is 338 g/mol. The number of carbonyl (C=O) groups is 1. The minimum atomic E-state index is -0.860. The normalized spacial score (nSPS) is 10.5. The third kappa shape index (κ3) is 4.18. The maximum absolute atomic E-state index is 13.7. The van der Waals surface area contributed by atoms with Crippen molar-refractivity contribution in [3.63, 3.8) is 0 Å². The fourth-order valence-electron chi connectivity index (χ4n) is 2.50. The lowest BCUT2D eigenvalue weighted by molar-refractivity contribution is 0.102. The number of hydrogen-bond acceptors (Lipinski definition) is 4. The van der Waals surface area contributed by atoms with Gasteiger partial charge in [-0.05, 0) is 55.3 Å². The van der Waals surface area contributed by atoms with Crippen molar-refractivity contribution < 1.29 is 13.6 Å². The molecule has 0 aliphatic heterocycles. The minimum Gasteiger partial charge on any atom is -0.324 e. The van der Waals surface area contributed by atoms with Crippen LogP contribution in [0.1, 0.15) is 21.6 Å². The minimum absolute atomic E-state index is 0.0515. The summed E-state index contributed by atoms with van der Waals surface area (Å²) < 4.78 is 26.6. The van der Waals surface area contributed by atoms with Crippen LogP contribution in [0, 0.1) is 25.5 Å². The van der Waals surface area contributed by atoms with Crippen LogP contribution in [-0.2, 0) is 0 Å². The van der Waals surface area contributed by atoms with Gasteiger partial charge >= 0.3 is 0 Å². The highest BCUT2D eigenvalue weighted by molar-refractivity contribution is 6.03. The maximum atomic E-state index is 13.7. The highest BCUT2D eigenvalue weighted by Crippen LogP contribution is 2.18. The summed E-state index contributed by atoms with van der Waals surface area (Å²) >= 11 is 0. The van der Waals surface area contributed by atoms with Gasteiger partial charge in [-0.25, -0.2) is 18.7 Å². The molecule has 7 heteroatoms. The second-order valence-electron chi connectivity index (χ2n) is 5.85. The summed E-state index contributed by atoms with van der Waals surface area (Å²) in [6, 6.07) is 10.2. The van der Waals surface area contributed by atoms with E-state index in [1.54, 1.807) is 0 Å². The molecule has 2 aromatic carbocycles. The van der Waals surface area contributed by atoms with Crippen molar-refractivity contribution >= 4 is 23.2 Å². The summed E-state index contributed by atoms with van der Waals surface area (Å²) in [6.07, 6.45) is 1.42. The number of carbonyl (C=O) groups excluding carboxylic acids is 1. The molecule has 3 aromatic rings. The molecule has 0 saturated heterocycles. The van der Waals surface area contributed by atoms with Crippen molar-refractivity contribution in [1.29, 1.82) is 0 Å². The van der Waals surface area contributed by atoms with Gasteiger partial charge in [0.1, 0.15) is 17.3 Å². The summed E-state index contributed by atoms with van der Waals surface area (Å²) in [6.45, 7) is 3.94. The van der Waals surface area contributed by atoms with Crippen molar-refractivity contribution in [3.05, 3.63) is 77.1 Å². The van der Waals surface area contributed by atoms with Gasteiger partial charge < -0.3 is 10.6 Å². The molecule has 3 rings (SSSR count). The zero-order valence-electron chi connectivity index (χ0n) is 14.2. The zero-order chi connectivity index (χ0) is 18.7. The van der Waals surface area contributed by atoms with E-state index in [1.807, 2.05) is 32.0 Å². The van der Waals surface area contributed by atoms with Crippen LogP contribution >= 0.6 is 0 Å². The lowest BCUT2D eigenvalue weighted by atomic mass is 10.1. The van der Waals surface area contributed by atoms with Crippen LogP contribution in [0.2, 0.25) is 0 Å². The van der Waals surface area contributed by atoms with Gasteiger partial charge in [-0.1, -0.05) is 6.07 Å². The fourth-order valence-corrected chi connectivity index (χ4v) is 2.50. The van der Waals surface area contributed by atoms with Crippen LogP contribution in [0.3, 0.4) is 0 Å². The monoisotopic (exact) mass is 354 g/mol. The van der Waals surface area contributed by atoms with E-state index in [0.29, 0.717) is 6.07 Å². The third-order valence-electron chi connectivity index (χ3n) is 3.55. The molecule has 0 saturated carbocycles. The van der Waals surface area contributed by atoms with E-state index in [-0.39, 0.29) is 17.3 Å². The third-order valence-corrected chi connectivity index (χ3v) is 3.55. The Morgan fingerprint density at radius 1 is 1.00 bits per heavy atom. The van der Waals surface area contributed by atoms with Crippen molar-refractivity contribution in [1.82, 2.24) is 9.97 Å². The van der Waals surface area contributed by atoms with Gasteiger partial charge in [0.15, 0.2) is 0 Å². The number of hydrogen-bond donors (Lipinski definition) is 2. The van der Waals surface area contributed by atoms with Gasteiger partial charge in [-0.3, -0.25) is 4.79 Å². The molecule has 0 spiro atoms. The van der Waals surface area contributed by atoms with Gasteiger partial charge in [0, 0.05) is 18.0 Å². The van der Waals surface area contributed by atoms with Gasteiger partial charge in [0.25, 0.3) is 5.91 Å². The molecule has 1 aromatic heterocycles. The predicted molar refractivity (Wildman–Crippen MR) is 95.5 cm³/mol. The number of aromatic nitrogens is 2. The Bertz CT molecular complexity index is 955. The fraction of sp³-hybridized carbons (Fsp3) is 0.105. The van der Waals surface area contributed by atoms with Gasteiger partial charge in [-0.2, -0.15) is 0 Å². The van der Waals surface area contributed by atoms with Crippen LogP contribution in [-0.4, -0.2) is 15.9 Å². The molecule has 0 aliphatic carbocycles. The first kappa shape index (κ1) is 17.5. The number of halogens is 2. The number of amides is 1. The van der Waals surface area contributed by atoms with E-state index in [2.05, 4.69) is 20.6 Å². The predicted octanol–water partition coefficient (Wildman–Crippen LogP) is 4.37. The van der Waals surface area contributed by atoms with Crippen molar-refractivity contribution in [3.8, 4) is 0 Å². The average molecular weight is 354 g/mol. The Labute approximate surface area is 149 Å². The molecule has 5 nitrogen and oxygen atoms in total. The van der Waals surface area contributed by atoms with Crippen LogP contribution < -0.4 is 10.6 Å². The number of nitrogens with zero attached hydrogens (tertiary/aromatic N) is 2. The Morgan fingerprint density at radius 3 is 2.42 bits per heavy atom. The average Bonchev–Trinajstić information content (AvgIpc) is 2.56. The molecule has 0 bridgehead atoms. The quantitative estimate of drug-likeness (QED) is 0.730. The van der Waals surface area contributed by atoms with Gasteiger partial charge in [0.2, 0.25) is 5.95 Å². The second-order valence-corrected chi connectivity index (χ2v) is 5.85. The number of anilines is 3. The SMILES string of the molecule is Cc1cc(C)cc(Nc2nccc(C(=O)Nc3ccc(F)cc3F)n2)c1. The van der Waals surface area contributed by atoms with Crippen molar-refractivity contribution in [2.45, 2.75) is 13.8 Å². The Kier molecular flexibility index (Phi) is 4.88. The van der Waals surface area contributed by atoms with Crippen LogP contribution in [0.5, 0.6) is 0 Å². The Morgan fingerprint density at radius 2 is 1.73 bits per heavy atom. The summed E-state index contributed by atoms with van der Waals surface area (Å²) in [5, 5.41) is 5.40. The zero-order valence-corrected chi connectivity index (χ0v) is 14.2. The molecule has 0 fully saturated rings. The van der Waals surface area contributed by atoms with E-state index < -0.39 is 17.5 Å². The molecular formula is C19H16F2N4O. The number of aryl methyl sites for hydroxylation is 2. The molecule has 0 aliphatic rings. The standard InChI is InChI=1S/C19H16F2N4O/c1-11-7-12(2)9-14(8-11)23-19-22-6-5-17(25-19)18(26)24-16-4-3-13(20)10-15(16)21/h3-10H,1-2H3,(H,24,26)(H,22,23,25). The van der Waals surface area contributed by atoms with E-state index in [4.69, 9.17) is 0 Å². The number of rotatable bonds is 4. The molecule has 1 heterocycles. The largest absolute Gasteiger partial charge is 0.324 e. The lowest BCUT2D eigenvalue weighted by Gasteiger charge is -2.09. The molecule has 0 atom stereocenters. The highest BCUT2D eigenvalue weighted by Gasteiger charge is 2.12. The van der Waals surface area contributed by atoms with E-state index in [9.17, 15) is 13.6 Å². The molecule has 0 radical (unpaired) electrons. The van der Waals surface area contributed by atoms with E-state index in [1.165, 1.54) is 12.3 Å². The van der Waals surface area contributed by atoms with Gasteiger partial charge in [-0.15, -0.1) is 0 Å². The molecule has 26 heavy (non-hydrogen) atoms.